The highest BCUT2D eigenvalue weighted by atomic mass is 16.5. The molecular weight excluding hydrogens is 176 g/mol. The van der Waals surface area contributed by atoms with Gasteiger partial charge in [0.1, 0.15) is 5.75 Å². The molecule has 0 aliphatic heterocycles. The van der Waals surface area contributed by atoms with Crippen LogP contribution in [0, 0.1) is 0 Å². The lowest BCUT2D eigenvalue weighted by atomic mass is 10.3. The van der Waals surface area contributed by atoms with E-state index in [0.29, 0.717) is 0 Å². The highest BCUT2D eigenvalue weighted by Crippen LogP contribution is 2.08. The first-order valence-corrected chi connectivity index (χ1v) is 5.19. The molecule has 0 radical (unpaired) electrons. The molecule has 0 aliphatic carbocycles. The van der Waals surface area contributed by atoms with Gasteiger partial charge in [-0.3, -0.25) is 0 Å². The fourth-order valence-corrected chi connectivity index (χ4v) is 1.11. The molecule has 1 aromatic carbocycles. The molecule has 1 aromatic rings. The van der Waals surface area contributed by atoms with Crippen LogP contribution >= 0.6 is 0 Å². The molecule has 0 N–H and O–H groups in total. The van der Waals surface area contributed by atoms with Gasteiger partial charge in [-0.2, -0.15) is 0 Å². The maximum Gasteiger partial charge on any atom is 0.119 e. The molecule has 0 saturated heterocycles. The maximum absolute atomic E-state index is 5.51. The van der Waals surface area contributed by atoms with Gasteiger partial charge in [0.15, 0.2) is 0 Å². The fourth-order valence-electron chi connectivity index (χ4n) is 1.11. The van der Waals surface area contributed by atoms with E-state index in [0.717, 1.165) is 38.4 Å². The zero-order chi connectivity index (χ0) is 10.1. The van der Waals surface area contributed by atoms with Crippen molar-refractivity contribution in [3.05, 3.63) is 30.3 Å². The molecule has 2 heteroatoms. The molecule has 0 amide bonds. The lowest BCUT2D eigenvalue weighted by Crippen LogP contribution is -2.03. The Morgan fingerprint density at radius 3 is 2.50 bits per heavy atom. The Kier molecular flexibility index (Phi) is 5.84. The van der Waals surface area contributed by atoms with E-state index in [1.807, 2.05) is 30.3 Å². The van der Waals surface area contributed by atoms with Crippen LogP contribution in [-0.2, 0) is 4.74 Å². The van der Waals surface area contributed by atoms with Crippen molar-refractivity contribution in [1.29, 1.82) is 0 Å². The molecule has 0 saturated carbocycles. The van der Waals surface area contributed by atoms with Crippen molar-refractivity contribution < 1.29 is 9.47 Å². The predicted octanol–water partition coefficient (Wildman–Crippen LogP) is 2.88. The number of ether oxygens (including phenoxy) is 2. The molecule has 0 fully saturated rings. The van der Waals surface area contributed by atoms with E-state index < -0.39 is 0 Å². The van der Waals surface area contributed by atoms with E-state index in [1.165, 1.54) is 0 Å². The van der Waals surface area contributed by atoms with Crippen LogP contribution in [0.5, 0.6) is 5.75 Å². The number of hydrogen-bond acceptors (Lipinski definition) is 2. The summed E-state index contributed by atoms with van der Waals surface area (Å²) in [5.41, 5.74) is 0. The van der Waals surface area contributed by atoms with Gasteiger partial charge >= 0.3 is 0 Å². The molecule has 0 atom stereocenters. The summed E-state index contributed by atoms with van der Waals surface area (Å²) in [6, 6.07) is 9.86. The largest absolute Gasteiger partial charge is 0.494 e. The van der Waals surface area contributed by atoms with Crippen molar-refractivity contribution in [3.8, 4) is 5.75 Å². The smallest absolute Gasteiger partial charge is 0.119 e. The molecule has 14 heavy (non-hydrogen) atoms. The second-order valence-electron chi connectivity index (χ2n) is 3.13. The average Bonchev–Trinajstić information content (AvgIpc) is 2.25. The van der Waals surface area contributed by atoms with Crippen LogP contribution in [0.25, 0.3) is 0 Å². The molecule has 0 aliphatic rings. The van der Waals surface area contributed by atoms with Crippen molar-refractivity contribution in [2.75, 3.05) is 19.8 Å². The van der Waals surface area contributed by atoms with Gasteiger partial charge in [0.05, 0.1) is 6.61 Å². The normalized spacial score (nSPS) is 10.1. The molecule has 0 spiro atoms. The maximum atomic E-state index is 5.51. The topological polar surface area (TPSA) is 18.5 Å². The highest BCUT2D eigenvalue weighted by molar-refractivity contribution is 5.20. The summed E-state index contributed by atoms with van der Waals surface area (Å²) >= 11 is 0. The van der Waals surface area contributed by atoms with Crippen molar-refractivity contribution in [2.45, 2.75) is 19.8 Å². The molecule has 0 bridgehead atoms. The quantitative estimate of drug-likeness (QED) is 0.621. The lowest BCUT2D eigenvalue weighted by Gasteiger charge is -2.05. The van der Waals surface area contributed by atoms with E-state index in [4.69, 9.17) is 9.47 Å². The predicted molar refractivity (Wildman–Crippen MR) is 57.7 cm³/mol. The number of benzene rings is 1. The van der Waals surface area contributed by atoms with Crippen LogP contribution in [0.1, 0.15) is 19.8 Å². The van der Waals surface area contributed by atoms with Crippen molar-refractivity contribution >= 4 is 0 Å². The second-order valence-corrected chi connectivity index (χ2v) is 3.13. The number of hydrogen-bond donors (Lipinski definition) is 0. The summed E-state index contributed by atoms with van der Waals surface area (Å²) in [5, 5.41) is 0. The molecule has 1 rings (SSSR count). The van der Waals surface area contributed by atoms with Gasteiger partial charge in [0, 0.05) is 19.6 Å². The fraction of sp³-hybridized carbons (Fsp3) is 0.500. The third-order valence-corrected chi connectivity index (χ3v) is 1.79. The Bertz CT molecular complexity index is 221. The summed E-state index contributed by atoms with van der Waals surface area (Å²) in [4.78, 5) is 0. The zero-order valence-corrected chi connectivity index (χ0v) is 8.74. The Labute approximate surface area is 85.8 Å². The van der Waals surface area contributed by atoms with E-state index in [1.54, 1.807) is 0 Å². The minimum atomic E-state index is 0.730. The van der Waals surface area contributed by atoms with E-state index >= 15 is 0 Å². The van der Waals surface area contributed by atoms with Crippen LogP contribution in [-0.4, -0.2) is 19.8 Å². The zero-order valence-electron chi connectivity index (χ0n) is 8.74. The third-order valence-electron chi connectivity index (χ3n) is 1.79. The first kappa shape index (κ1) is 11.1. The molecule has 78 valence electrons. The van der Waals surface area contributed by atoms with E-state index in [-0.39, 0.29) is 0 Å². The van der Waals surface area contributed by atoms with Crippen LogP contribution < -0.4 is 4.74 Å². The monoisotopic (exact) mass is 194 g/mol. The summed E-state index contributed by atoms with van der Waals surface area (Å²) in [7, 11) is 0. The summed E-state index contributed by atoms with van der Waals surface area (Å²) < 4.78 is 10.8. The average molecular weight is 194 g/mol. The highest BCUT2D eigenvalue weighted by Gasteiger charge is 1.91. The van der Waals surface area contributed by atoms with Gasteiger partial charge in [-0.15, -0.1) is 0 Å². The molecule has 2 nitrogen and oxygen atoms in total. The van der Waals surface area contributed by atoms with Gasteiger partial charge in [0.25, 0.3) is 0 Å². The van der Waals surface area contributed by atoms with Crippen LogP contribution in [0.3, 0.4) is 0 Å². The molecular formula is C12H18O2. The van der Waals surface area contributed by atoms with Gasteiger partial charge in [0.2, 0.25) is 0 Å². The van der Waals surface area contributed by atoms with Crippen molar-refractivity contribution in [2.24, 2.45) is 0 Å². The number of para-hydroxylation sites is 1. The van der Waals surface area contributed by atoms with Gasteiger partial charge in [-0.05, 0) is 18.6 Å². The lowest BCUT2D eigenvalue weighted by molar-refractivity contribution is 0.120. The van der Waals surface area contributed by atoms with Gasteiger partial charge in [-0.25, -0.2) is 0 Å². The first-order chi connectivity index (χ1) is 6.93. The molecule has 0 unspecified atom stereocenters. The van der Waals surface area contributed by atoms with Crippen molar-refractivity contribution in [3.63, 3.8) is 0 Å². The standard InChI is InChI=1S/C12H18O2/c1-2-9-13-10-6-11-14-12-7-4-3-5-8-12/h3-5,7-8H,2,6,9-11H2,1H3. The van der Waals surface area contributed by atoms with Crippen molar-refractivity contribution in [1.82, 2.24) is 0 Å². The molecule has 0 heterocycles. The minimum Gasteiger partial charge on any atom is -0.494 e. The third kappa shape index (κ3) is 4.87. The van der Waals surface area contributed by atoms with E-state index in [9.17, 15) is 0 Å². The first-order valence-electron chi connectivity index (χ1n) is 5.19. The Morgan fingerprint density at radius 1 is 1.00 bits per heavy atom. The number of rotatable bonds is 7. The molecule has 0 aromatic heterocycles. The Balaban J connectivity index is 1.99. The Hall–Kier alpha value is -1.02. The SMILES string of the molecule is CCCOCCCOc1ccccc1. The minimum absolute atomic E-state index is 0.730. The van der Waals surface area contributed by atoms with Gasteiger partial charge in [-0.1, -0.05) is 25.1 Å². The second kappa shape index (κ2) is 7.39. The van der Waals surface area contributed by atoms with E-state index in [2.05, 4.69) is 6.92 Å². The van der Waals surface area contributed by atoms with Crippen LogP contribution in [0.15, 0.2) is 30.3 Å². The van der Waals surface area contributed by atoms with Crippen LogP contribution in [0.2, 0.25) is 0 Å². The summed E-state index contributed by atoms with van der Waals surface area (Å²) in [5.74, 6) is 0.933. The Morgan fingerprint density at radius 2 is 1.79 bits per heavy atom. The summed E-state index contributed by atoms with van der Waals surface area (Å²) in [6.07, 6.45) is 2.04. The summed E-state index contributed by atoms with van der Waals surface area (Å²) in [6.45, 7) is 4.49. The van der Waals surface area contributed by atoms with Crippen LogP contribution in [0.4, 0.5) is 0 Å². The van der Waals surface area contributed by atoms with Gasteiger partial charge < -0.3 is 9.47 Å².